The molecule has 5 rings (SSSR count). The summed E-state index contributed by atoms with van der Waals surface area (Å²) < 4.78 is 59.6. The number of nitrogens with zero attached hydrogens (tertiary/aromatic N) is 3. The number of carbonyl (C=O) groups excluding carboxylic acids is 3. The Morgan fingerprint density at radius 1 is 1.02 bits per heavy atom. The number of carbonyl (C=O) groups is 3. The van der Waals surface area contributed by atoms with Crippen LogP contribution in [0.3, 0.4) is 0 Å². The van der Waals surface area contributed by atoms with Crippen molar-refractivity contribution in [2.24, 2.45) is 17.8 Å². The van der Waals surface area contributed by atoms with Crippen molar-refractivity contribution in [2.75, 3.05) is 44.7 Å². The molecule has 0 bridgehead atoms. The van der Waals surface area contributed by atoms with E-state index in [0.717, 1.165) is 44.8 Å². The third-order valence-corrected chi connectivity index (χ3v) is 8.57. The summed E-state index contributed by atoms with van der Waals surface area (Å²) in [6.07, 6.45) is 0.794. The Labute approximate surface area is 252 Å². The molecule has 2 aromatic rings. The second-order valence-electron chi connectivity index (χ2n) is 11.9. The molecule has 3 N–H and O–H groups in total. The molecule has 0 radical (unpaired) electrons. The lowest BCUT2D eigenvalue weighted by Gasteiger charge is -2.28. The van der Waals surface area contributed by atoms with Gasteiger partial charge in [-0.1, -0.05) is 6.07 Å². The first kappa shape index (κ1) is 31.9. The molecule has 14 heteroatoms. The normalized spacial score (nSPS) is 19.0. The summed E-state index contributed by atoms with van der Waals surface area (Å²) in [7, 11) is 0. The molecule has 2 atom stereocenters. The zero-order valence-electron chi connectivity index (χ0n) is 24.5. The van der Waals surface area contributed by atoms with Gasteiger partial charge in [0.05, 0.1) is 31.4 Å². The molecule has 0 spiro atoms. The summed E-state index contributed by atoms with van der Waals surface area (Å²) in [5, 5.41) is 11.7. The van der Waals surface area contributed by atoms with E-state index < -0.39 is 48.2 Å². The van der Waals surface area contributed by atoms with E-state index >= 15 is 4.39 Å². The lowest BCUT2D eigenvalue weighted by atomic mass is 9.88. The molecule has 3 amide bonds. The standard InChI is InChI=1S/C30H38F4N6O4/c1-18(27(41)35-17-30(32,33)34)21-6-7-23(22(31)16-21)37-29(43)26(25(19-2-3-19)20-4-5-20)38-28(42)24-8-9-36-40(24)11-10-39-12-14-44-15-13-39/h6-9,16,18-20,25-26H,2-5,10-15,17H2,1H3,(H,35,41)(H,37,43)(H,38,42)/t18-,26-/m0/s1. The highest BCUT2D eigenvalue weighted by Gasteiger charge is 2.48. The number of morpholine rings is 1. The largest absolute Gasteiger partial charge is 0.405 e. The molecule has 240 valence electrons. The number of amides is 3. The smallest absolute Gasteiger partial charge is 0.379 e. The summed E-state index contributed by atoms with van der Waals surface area (Å²) in [6, 6.07) is 4.39. The highest BCUT2D eigenvalue weighted by atomic mass is 19.4. The molecule has 2 saturated carbocycles. The molecule has 1 aromatic carbocycles. The predicted octanol–water partition coefficient (Wildman–Crippen LogP) is 3.31. The molecule has 44 heavy (non-hydrogen) atoms. The summed E-state index contributed by atoms with van der Waals surface area (Å²) in [5.41, 5.74) is 0.334. The maximum Gasteiger partial charge on any atom is 0.405 e. The maximum absolute atomic E-state index is 15.2. The van der Waals surface area contributed by atoms with Crippen LogP contribution < -0.4 is 16.0 Å². The zero-order chi connectivity index (χ0) is 31.4. The van der Waals surface area contributed by atoms with Gasteiger partial charge >= 0.3 is 6.18 Å². The number of ether oxygens (including phenoxy) is 1. The van der Waals surface area contributed by atoms with Crippen molar-refractivity contribution in [3.05, 3.63) is 47.5 Å². The van der Waals surface area contributed by atoms with Crippen LogP contribution >= 0.6 is 0 Å². The van der Waals surface area contributed by atoms with Gasteiger partial charge in [0.2, 0.25) is 11.8 Å². The number of alkyl halides is 3. The first-order chi connectivity index (χ1) is 21.0. The van der Waals surface area contributed by atoms with Crippen LogP contribution in [0.2, 0.25) is 0 Å². The number of aromatic nitrogens is 2. The molecule has 3 aliphatic rings. The van der Waals surface area contributed by atoms with E-state index in [2.05, 4.69) is 20.6 Å². The van der Waals surface area contributed by atoms with E-state index in [1.165, 1.54) is 19.1 Å². The van der Waals surface area contributed by atoms with Crippen LogP contribution in [-0.2, 0) is 20.9 Å². The Morgan fingerprint density at radius 2 is 1.70 bits per heavy atom. The molecular formula is C30H38F4N6O4. The fourth-order valence-corrected chi connectivity index (χ4v) is 5.81. The number of hydrogen-bond acceptors (Lipinski definition) is 6. The van der Waals surface area contributed by atoms with Gasteiger partial charge in [-0.15, -0.1) is 0 Å². The van der Waals surface area contributed by atoms with E-state index in [9.17, 15) is 27.6 Å². The van der Waals surface area contributed by atoms with Crippen molar-refractivity contribution < 1.29 is 36.7 Å². The Hall–Kier alpha value is -3.52. The first-order valence-electron chi connectivity index (χ1n) is 15.1. The van der Waals surface area contributed by atoms with Crippen molar-refractivity contribution in [3.63, 3.8) is 0 Å². The lowest BCUT2D eigenvalue weighted by molar-refractivity contribution is -0.139. The molecule has 2 heterocycles. The van der Waals surface area contributed by atoms with Gasteiger partial charge in [0.1, 0.15) is 24.1 Å². The molecule has 0 unspecified atom stereocenters. The van der Waals surface area contributed by atoms with E-state index in [1.54, 1.807) is 22.3 Å². The van der Waals surface area contributed by atoms with Crippen molar-refractivity contribution >= 4 is 23.4 Å². The molecule has 2 aliphatic carbocycles. The van der Waals surface area contributed by atoms with Gasteiger partial charge in [-0.25, -0.2) is 4.39 Å². The summed E-state index contributed by atoms with van der Waals surface area (Å²) in [4.78, 5) is 41.6. The van der Waals surface area contributed by atoms with Crippen molar-refractivity contribution in [2.45, 2.75) is 57.3 Å². The molecular weight excluding hydrogens is 584 g/mol. The zero-order valence-corrected chi connectivity index (χ0v) is 24.5. The topological polar surface area (TPSA) is 118 Å². The van der Waals surface area contributed by atoms with E-state index in [1.807, 2.05) is 0 Å². The monoisotopic (exact) mass is 622 g/mol. The van der Waals surface area contributed by atoms with Crippen LogP contribution in [0, 0.1) is 23.6 Å². The summed E-state index contributed by atoms with van der Waals surface area (Å²) in [5.74, 6) is -3.31. The molecule has 3 fully saturated rings. The van der Waals surface area contributed by atoms with Gasteiger partial charge in [0, 0.05) is 25.8 Å². The third kappa shape index (κ3) is 8.35. The highest BCUT2D eigenvalue weighted by molar-refractivity contribution is 6.01. The summed E-state index contributed by atoms with van der Waals surface area (Å²) >= 11 is 0. The van der Waals surface area contributed by atoms with Crippen LogP contribution in [0.15, 0.2) is 30.5 Å². The average molecular weight is 623 g/mol. The number of benzene rings is 1. The Balaban J connectivity index is 1.27. The second kappa shape index (κ2) is 13.6. The van der Waals surface area contributed by atoms with Crippen molar-refractivity contribution in [3.8, 4) is 0 Å². The second-order valence-corrected chi connectivity index (χ2v) is 11.9. The third-order valence-electron chi connectivity index (χ3n) is 8.57. The first-order valence-corrected chi connectivity index (χ1v) is 15.1. The molecule has 1 saturated heterocycles. The fourth-order valence-electron chi connectivity index (χ4n) is 5.81. The number of hydrogen-bond donors (Lipinski definition) is 3. The van der Waals surface area contributed by atoms with Crippen LogP contribution in [0.25, 0.3) is 0 Å². The van der Waals surface area contributed by atoms with E-state index in [4.69, 9.17) is 4.74 Å². The number of nitrogens with one attached hydrogen (secondary N) is 3. The van der Waals surface area contributed by atoms with Gasteiger partial charge in [-0.3, -0.25) is 24.0 Å². The number of anilines is 1. The van der Waals surface area contributed by atoms with E-state index in [0.29, 0.717) is 32.0 Å². The van der Waals surface area contributed by atoms with Crippen LogP contribution in [0.4, 0.5) is 23.2 Å². The van der Waals surface area contributed by atoms with Crippen molar-refractivity contribution in [1.82, 2.24) is 25.3 Å². The lowest BCUT2D eigenvalue weighted by Crippen LogP contribution is -2.50. The Morgan fingerprint density at radius 3 is 2.32 bits per heavy atom. The van der Waals surface area contributed by atoms with Gasteiger partial charge in [0.25, 0.3) is 5.91 Å². The number of halogens is 4. The van der Waals surface area contributed by atoms with Crippen LogP contribution in [-0.4, -0.2) is 84.0 Å². The molecule has 1 aromatic heterocycles. The minimum Gasteiger partial charge on any atom is -0.379 e. The minimum atomic E-state index is -4.57. The number of rotatable bonds is 13. The van der Waals surface area contributed by atoms with Gasteiger partial charge < -0.3 is 20.7 Å². The minimum absolute atomic E-state index is 0.0941. The Kier molecular flexibility index (Phi) is 9.88. The molecule has 10 nitrogen and oxygen atoms in total. The van der Waals surface area contributed by atoms with E-state index in [-0.39, 0.29) is 29.0 Å². The summed E-state index contributed by atoms with van der Waals surface area (Å²) in [6.45, 7) is 3.99. The van der Waals surface area contributed by atoms with Gasteiger partial charge in [0.15, 0.2) is 0 Å². The quantitative estimate of drug-likeness (QED) is 0.295. The van der Waals surface area contributed by atoms with Gasteiger partial charge in [-0.05, 0) is 74.1 Å². The SMILES string of the molecule is C[C@H](C(=O)NCC(F)(F)F)c1ccc(NC(=O)[C@@H](NC(=O)c2ccnn2CCN2CCOCC2)C(C2CC2)C2CC2)c(F)c1. The van der Waals surface area contributed by atoms with Gasteiger partial charge in [-0.2, -0.15) is 18.3 Å². The predicted molar refractivity (Wildman–Crippen MR) is 152 cm³/mol. The van der Waals surface area contributed by atoms with Crippen LogP contribution in [0.1, 0.15) is 54.6 Å². The highest BCUT2D eigenvalue weighted by Crippen LogP contribution is 2.51. The fraction of sp³-hybridized carbons (Fsp3) is 0.600. The molecule has 1 aliphatic heterocycles. The maximum atomic E-state index is 15.2. The Bertz CT molecular complexity index is 1330. The average Bonchev–Trinajstić information content (AvgIpc) is 3.94. The van der Waals surface area contributed by atoms with Crippen LogP contribution in [0.5, 0.6) is 0 Å². The van der Waals surface area contributed by atoms with Crippen molar-refractivity contribution in [1.29, 1.82) is 0 Å².